The van der Waals surface area contributed by atoms with E-state index < -0.39 is 0 Å². The van der Waals surface area contributed by atoms with E-state index in [1.54, 1.807) is 11.9 Å². The highest BCUT2D eigenvalue weighted by atomic mass is 16.5. The highest BCUT2D eigenvalue weighted by Gasteiger charge is 2.23. The molecule has 1 saturated carbocycles. The summed E-state index contributed by atoms with van der Waals surface area (Å²) < 4.78 is 4.68. The van der Waals surface area contributed by atoms with Crippen LogP contribution < -0.4 is 5.32 Å². The van der Waals surface area contributed by atoms with Crippen LogP contribution in [0.2, 0.25) is 0 Å². The zero-order valence-corrected chi connectivity index (χ0v) is 9.95. The topological polar surface area (TPSA) is 41.6 Å². The minimum Gasteiger partial charge on any atom is -0.453 e. The fraction of sp³-hybridized carbons (Fsp3) is 0.909. The summed E-state index contributed by atoms with van der Waals surface area (Å²) in [6, 6.07) is 0.620. The maximum absolute atomic E-state index is 11.2. The Morgan fingerprint density at radius 2 is 2.27 bits per heavy atom. The first kappa shape index (κ1) is 12.3. The molecule has 2 unspecified atom stereocenters. The van der Waals surface area contributed by atoms with Crippen molar-refractivity contribution >= 4 is 6.09 Å². The van der Waals surface area contributed by atoms with E-state index in [0.29, 0.717) is 12.0 Å². The molecule has 0 saturated heterocycles. The van der Waals surface area contributed by atoms with Gasteiger partial charge in [0.2, 0.25) is 0 Å². The van der Waals surface area contributed by atoms with Crippen LogP contribution in [0.5, 0.6) is 0 Å². The van der Waals surface area contributed by atoms with Crippen LogP contribution in [0.3, 0.4) is 0 Å². The first-order valence-corrected chi connectivity index (χ1v) is 5.63. The van der Waals surface area contributed by atoms with Crippen molar-refractivity contribution in [3.05, 3.63) is 0 Å². The van der Waals surface area contributed by atoms with Gasteiger partial charge in [0.1, 0.15) is 0 Å². The number of hydrogen-bond acceptors (Lipinski definition) is 3. The number of nitrogens with zero attached hydrogens (tertiary/aromatic N) is 1. The number of nitrogens with one attached hydrogen (secondary N) is 1. The molecule has 1 aliphatic carbocycles. The lowest BCUT2D eigenvalue weighted by Gasteiger charge is -2.31. The summed E-state index contributed by atoms with van der Waals surface area (Å²) in [4.78, 5) is 12.9. The van der Waals surface area contributed by atoms with E-state index in [4.69, 9.17) is 0 Å². The van der Waals surface area contributed by atoms with Crippen molar-refractivity contribution in [2.45, 2.75) is 31.7 Å². The largest absolute Gasteiger partial charge is 0.453 e. The highest BCUT2D eigenvalue weighted by Crippen LogP contribution is 2.24. The van der Waals surface area contributed by atoms with Gasteiger partial charge in [-0.15, -0.1) is 0 Å². The van der Waals surface area contributed by atoms with E-state index in [2.05, 4.69) is 10.1 Å². The summed E-state index contributed by atoms with van der Waals surface area (Å²) in [7, 11) is 5.24. The Hall–Kier alpha value is -0.770. The molecule has 0 bridgehead atoms. The van der Waals surface area contributed by atoms with E-state index in [-0.39, 0.29) is 6.09 Å². The lowest BCUT2D eigenvalue weighted by molar-refractivity contribution is 0.121. The Bertz CT molecular complexity index is 209. The van der Waals surface area contributed by atoms with Gasteiger partial charge in [-0.2, -0.15) is 0 Å². The van der Waals surface area contributed by atoms with Crippen molar-refractivity contribution in [3.63, 3.8) is 0 Å². The van der Waals surface area contributed by atoms with Crippen LogP contribution in [-0.2, 0) is 4.74 Å². The molecule has 15 heavy (non-hydrogen) atoms. The second-order valence-corrected chi connectivity index (χ2v) is 4.37. The van der Waals surface area contributed by atoms with E-state index in [0.717, 1.165) is 13.0 Å². The molecule has 0 spiro atoms. The van der Waals surface area contributed by atoms with Crippen molar-refractivity contribution in [2.24, 2.45) is 5.92 Å². The third kappa shape index (κ3) is 3.70. The fourth-order valence-electron chi connectivity index (χ4n) is 2.34. The van der Waals surface area contributed by atoms with Crippen LogP contribution in [0.25, 0.3) is 0 Å². The molecule has 1 N–H and O–H groups in total. The van der Waals surface area contributed by atoms with Gasteiger partial charge in [0.05, 0.1) is 7.11 Å². The first-order chi connectivity index (χ1) is 7.17. The Morgan fingerprint density at radius 3 is 2.87 bits per heavy atom. The van der Waals surface area contributed by atoms with Gasteiger partial charge in [-0.1, -0.05) is 6.42 Å². The lowest BCUT2D eigenvalue weighted by atomic mass is 9.85. The molecule has 4 nitrogen and oxygen atoms in total. The number of methoxy groups -OCH3 is 1. The second-order valence-electron chi connectivity index (χ2n) is 4.37. The summed E-state index contributed by atoms with van der Waals surface area (Å²) in [5, 5.41) is 3.32. The molecular weight excluding hydrogens is 192 g/mol. The zero-order valence-electron chi connectivity index (χ0n) is 9.95. The van der Waals surface area contributed by atoms with Crippen LogP contribution in [0.1, 0.15) is 25.7 Å². The Kier molecular flexibility index (Phi) is 4.88. The quantitative estimate of drug-likeness (QED) is 0.773. The molecule has 2 atom stereocenters. The second kappa shape index (κ2) is 5.95. The van der Waals surface area contributed by atoms with Crippen LogP contribution in [0, 0.1) is 5.92 Å². The molecule has 0 aromatic heterocycles. The number of carbonyl (C=O) groups excluding carboxylic acids is 1. The van der Waals surface area contributed by atoms with Crippen molar-refractivity contribution < 1.29 is 9.53 Å². The summed E-state index contributed by atoms with van der Waals surface area (Å²) in [6.07, 6.45) is 4.67. The number of carbonyl (C=O) groups is 1. The van der Waals surface area contributed by atoms with Crippen LogP contribution >= 0.6 is 0 Å². The molecule has 0 aliphatic heterocycles. The van der Waals surface area contributed by atoms with E-state index >= 15 is 0 Å². The number of rotatable bonds is 3. The summed E-state index contributed by atoms with van der Waals surface area (Å²) >= 11 is 0. The highest BCUT2D eigenvalue weighted by molar-refractivity contribution is 5.66. The molecule has 0 aromatic carbocycles. The summed E-state index contributed by atoms with van der Waals surface area (Å²) in [5.74, 6) is 0.611. The average molecular weight is 214 g/mol. The third-order valence-electron chi connectivity index (χ3n) is 3.21. The van der Waals surface area contributed by atoms with Gasteiger partial charge in [0.15, 0.2) is 0 Å². The third-order valence-corrected chi connectivity index (χ3v) is 3.21. The summed E-state index contributed by atoms with van der Waals surface area (Å²) in [5.41, 5.74) is 0. The van der Waals surface area contributed by atoms with E-state index in [1.165, 1.54) is 26.4 Å². The van der Waals surface area contributed by atoms with Crippen molar-refractivity contribution in [1.82, 2.24) is 10.2 Å². The van der Waals surface area contributed by atoms with Gasteiger partial charge in [-0.25, -0.2) is 4.79 Å². The van der Waals surface area contributed by atoms with Crippen molar-refractivity contribution in [2.75, 3.05) is 27.7 Å². The van der Waals surface area contributed by atoms with Gasteiger partial charge in [0.25, 0.3) is 0 Å². The minimum absolute atomic E-state index is 0.235. The Morgan fingerprint density at radius 1 is 1.53 bits per heavy atom. The molecule has 88 valence electrons. The van der Waals surface area contributed by atoms with Crippen LogP contribution in [-0.4, -0.2) is 44.8 Å². The van der Waals surface area contributed by atoms with Crippen LogP contribution in [0.4, 0.5) is 4.79 Å². The molecule has 1 rings (SSSR count). The summed E-state index contributed by atoms with van der Waals surface area (Å²) in [6.45, 7) is 0.810. The van der Waals surface area contributed by atoms with Gasteiger partial charge in [0, 0.05) is 19.6 Å². The smallest absolute Gasteiger partial charge is 0.409 e. The predicted octanol–water partition coefficient (Wildman–Crippen LogP) is 1.46. The molecule has 4 heteroatoms. The van der Waals surface area contributed by atoms with E-state index in [1.807, 2.05) is 7.05 Å². The maximum atomic E-state index is 11.2. The minimum atomic E-state index is -0.235. The molecule has 1 aliphatic rings. The van der Waals surface area contributed by atoms with Gasteiger partial charge in [-0.3, -0.25) is 0 Å². The van der Waals surface area contributed by atoms with Crippen LogP contribution in [0.15, 0.2) is 0 Å². The van der Waals surface area contributed by atoms with Crippen molar-refractivity contribution in [3.8, 4) is 0 Å². The first-order valence-electron chi connectivity index (χ1n) is 5.63. The number of hydrogen-bond donors (Lipinski definition) is 1. The van der Waals surface area contributed by atoms with Crippen molar-refractivity contribution in [1.29, 1.82) is 0 Å². The normalized spacial score (nSPS) is 26.1. The molecule has 0 radical (unpaired) electrons. The monoisotopic (exact) mass is 214 g/mol. The molecule has 0 aromatic rings. The standard InChI is InChI=1S/C11H22N2O2/c1-12-10-6-4-5-9(7-10)8-13(2)11(14)15-3/h9-10,12H,4-8H2,1-3H3. The maximum Gasteiger partial charge on any atom is 0.409 e. The predicted molar refractivity (Wildman–Crippen MR) is 59.8 cm³/mol. The molecule has 1 fully saturated rings. The molecular formula is C11H22N2O2. The molecule has 1 amide bonds. The van der Waals surface area contributed by atoms with Gasteiger partial charge < -0.3 is 15.0 Å². The average Bonchev–Trinajstić information content (AvgIpc) is 2.28. The zero-order chi connectivity index (χ0) is 11.3. The van der Waals surface area contributed by atoms with Gasteiger partial charge >= 0.3 is 6.09 Å². The molecule has 0 heterocycles. The van der Waals surface area contributed by atoms with Gasteiger partial charge in [-0.05, 0) is 32.2 Å². The number of ether oxygens (including phenoxy) is 1. The SMILES string of the molecule is CNC1CCCC(CN(C)C(=O)OC)C1. The lowest BCUT2D eigenvalue weighted by Crippen LogP contribution is -2.38. The Labute approximate surface area is 92.0 Å². The fourth-order valence-corrected chi connectivity index (χ4v) is 2.34. The number of amides is 1. The van der Waals surface area contributed by atoms with E-state index in [9.17, 15) is 4.79 Å². The Balaban J connectivity index is 2.34.